The number of para-hydroxylation sites is 2. The minimum absolute atomic E-state index is 0.572. The zero-order chi connectivity index (χ0) is 6.97. The molecule has 0 N–H and O–H groups in total. The van der Waals surface area contributed by atoms with Gasteiger partial charge >= 0.3 is 6.34 Å². The van der Waals surface area contributed by atoms with Crippen LogP contribution in [0.4, 0.5) is 11.4 Å². The molecule has 0 fully saturated rings. The predicted octanol–water partition coefficient (Wildman–Crippen LogP) is 1.65. The first-order chi connectivity index (χ1) is 4.88. The van der Waals surface area contributed by atoms with Crippen molar-refractivity contribution in [2.24, 2.45) is 4.99 Å². The van der Waals surface area contributed by atoms with Crippen molar-refractivity contribution >= 4 is 17.7 Å². The molecule has 10 heavy (non-hydrogen) atoms. The first-order valence-corrected chi connectivity index (χ1v) is 2.90. The van der Waals surface area contributed by atoms with E-state index in [0.717, 1.165) is 0 Å². The lowest BCUT2D eigenvalue weighted by atomic mass is 10.3. The van der Waals surface area contributed by atoms with Crippen LogP contribution in [0.3, 0.4) is 0 Å². The summed E-state index contributed by atoms with van der Waals surface area (Å²) in [5, 5.41) is 0. The fourth-order valence-corrected chi connectivity index (χ4v) is 0.884. The van der Waals surface area contributed by atoms with Crippen LogP contribution in [0.5, 0.6) is 0 Å². The number of rotatable bonds is 0. The van der Waals surface area contributed by atoms with Gasteiger partial charge in [0.2, 0.25) is 11.4 Å². The van der Waals surface area contributed by atoms with E-state index < -0.39 is 0 Å². The summed E-state index contributed by atoms with van der Waals surface area (Å²) in [4.78, 5) is 14.5. The molecular weight excluding hydrogens is 128 g/mol. The van der Waals surface area contributed by atoms with Crippen molar-refractivity contribution in [3.8, 4) is 0 Å². The Morgan fingerprint density at radius 3 is 3.00 bits per heavy atom. The van der Waals surface area contributed by atoms with Crippen molar-refractivity contribution in [2.45, 2.75) is 0 Å². The Labute approximate surface area is 57.6 Å². The quantitative estimate of drug-likeness (QED) is 0.494. The molecule has 3 heteroatoms. The maximum atomic E-state index is 10.8. The summed E-state index contributed by atoms with van der Waals surface area (Å²) >= 11 is 0. The van der Waals surface area contributed by atoms with Gasteiger partial charge in [-0.2, -0.15) is 0 Å². The third-order valence-electron chi connectivity index (χ3n) is 1.36. The summed E-state index contributed by atoms with van der Waals surface area (Å²) < 4.78 is 0.634. The third kappa shape index (κ3) is 0.572. The van der Waals surface area contributed by atoms with Crippen LogP contribution in [-0.2, 0) is 0 Å². The van der Waals surface area contributed by atoms with Gasteiger partial charge in [0.25, 0.3) is 0 Å². The molecule has 1 aliphatic rings. The molecule has 0 aromatic heterocycles. The molecule has 0 amide bonds. The van der Waals surface area contributed by atoms with Crippen LogP contribution < -0.4 is 0 Å². The summed E-state index contributed by atoms with van der Waals surface area (Å²) in [5.74, 6) is 0. The predicted molar refractivity (Wildman–Crippen MR) is 36.8 cm³/mol. The normalized spacial score (nSPS) is 13.8. The maximum Gasteiger partial charge on any atom is 0.466 e. The topological polar surface area (TPSA) is 32.4 Å². The molecule has 1 heterocycles. The number of hydrogen-bond donors (Lipinski definition) is 0. The van der Waals surface area contributed by atoms with Crippen molar-refractivity contribution in [3.05, 3.63) is 29.2 Å². The van der Waals surface area contributed by atoms with Crippen LogP contribution >= 0.6 is 0 Å². The minimum Gasteiger partial charge on any atom is -0.0584 e. The van der Waals surface area contributed by atoms with E-state index in [1.54, 1.807) is 18.2 Å². The molecule has 47 valence electrons. The number of aliphatic imine (C=N–C) groups is 1. The van der Waals surface area contributed by atoms with Gasteiger partial charge in [-0.05, 0) is 17.1 Å². The summed E-state index contributed by atoms with van der Waals surface area (Å²) in [6, 6.07) is 7.13. The minimum atomic E-state index is 0.572. The van der Waals surface area contributed by atoms with Gasteiger partial charge < -0.3 is 0 Å². The number of hydrogen-bond acceptors (Lipinski definition) is 2. The van der Waals surface area contributed by atoms with Gasteiger partial charge in [-0.1, -0.05) is 17.0 Å². The molecule has 0 atom stereocenters. The second kappa shape index (κ2) is 1.73. The average molecular weight is 132 g/mol. The highest BCUT2D eigenvalue weighted by atomic mass is 16.3. The van der Waals surface area contributed by atoms with E-state index in [2.05, 4.69) is 11.3 Å². The zero-order valence-corrected chi connectivity index (χ0v) is 5.11. The molecule has 3 nitrogen and oxygen atoms in total. The van der Waals surface area contributed by atoms with Gasteiger partial charge in [0.05, 0.1) is 0 Å². The van der Waals surface area contributed by atoms with Gasteiger partial charge in [-0.3, -0.25) is 0 Å². The lowest BCUT2D eigenvalue weighted by Crippen LogP contribution is -1.88. The average Bonchev–Trinajstić information content (AvgIpc) is 2.34. The third-order valence-corrected chi connectivity index (χ3v) is 1.36. The van der Waals surface area contributed by atoms with Crippen LogP contribution in [0.2, 0.25) is 0 Å². The largest absolute Gasteiger partial charge is 0.466 e. The molecule has 1 radical (unpaired) electrons. The maximum absolute atomic E-state index is 10.8. The monoisotopic (exact) mass is 132 g/mol. The Hall–Kier alpha value is -1.51. The van der Waals surface area contributed by atoms with Crippen LogP contribution in [-0.4, -0.2) is 11.1 Å². The number of benzene rings is 1. The molecule has 0 bridgehead atoms. The number of nitroso groups, excluding NO2 is 1. The second-order valence-electron chi connectivity index (χ2n) is 1.99. The smallest absolute Gasteiger partial charge is 0.0584 e. The molecule has 0 spiro atoms. The van der Waals surface area contributed by atoms with Crippen molar-refractivity contribution in [1.29, 1.82) is 0 Å². The number of fused-ring (bicyclic) bond motifs is 1. The van der Waals surface area contributed by atoms with Gasteiger partial charge in [0.15, 0.2) is 0 Å². The molecule has 0 saturated carbocycles. The molecule has 1 aromatic rings. The first kappa shape index (κ1) is 5.29. The van der Waals surface area contributed by atoms with Crippen LogP contribution in [0.25, 0.3) is 0 Å². The summed E-state index contributed by atoms with van der Waals surface area (Å²) in [5.41, 5.74) is 1.26. The highest BCUT2D eigenvalue weighted by Gasteiger charge is 2.23. The van der Waals surface area contributed by atoms with Crippen LogP contribution in [0.15, 0.2) is 29.3 Å². The molecule has 0 aliphatic carbocycles. The first-order valence-electron chi connectivity index (χ1n) is 2.90. The highest BCUT2D eigenvalue weighted by molar-refractivity contribution is 5.71. The van der Waals surface area contributed by atoms with Gasteiger partial charge in [-0.15, -0.1) is 0 Å². The molecule has 0 unspecified atom stereocenters. The lowest BCUT2D eigenvalue weighted by Gasteiger charge is -1.82. The molecule has 0 saturated heterocycles. The van der Waals surface area contributed by atoms with Crippen LogP contribution in [0, 0.1) is 4.91 Å². The summed E-state index contributed by atoms with van der Waals surface area (Å²) in [6.45, 7) is 0. The van der Waals surface area contributed by atoms with Crippen molar-refractivity contribution in [1.82, 2.24) is 0 Å². The number of nitrogens with zero attached hydrogens (tertiary/aromatic N) is 2. The van der Waals surface area contributed by atoms with Crippen LogP contribution in [0.1, 0.15) is 0 Å². The van der Waals surface area contributed by atoms with Gasteiger partial charge in [-0.25, -0.2) is 0 Å². The van der Waals surface area contributed by atoms with Crippen molar-refractivity contribution in [2.75, 3.05) is 0 Å². The molecule has 1 aromatic carbocycles. The van der Waals surface area contributed by atoms with E-state index in [1.807, 2.05) is 6.07 Å². The van der Waals surface area contributed by atoms with E-state index >= 15 is 0 Å². The Morgan fingerprint density at radius 2 is 2.20 bits per heavy atom. The molecule has 1 aliphatic heterocycles. The van der Waals surface area contributed by atoms with E-state index in [-0.39, 0.29) is 0 Å². The summed E-state index contributed by atoms with van der Waals surface area (Å²) in [6.07, 6.45) is 2.29. The SMILES string of the molecule is O=[N+]1[C]=Nc2ccccc21. The zero-order valence-electron chi connectivity index (χ0n) is 5.11. The molecular formula is C7H4N2O+. The van der Waals surface area contributed by atoms with Crippen molar-refractivity contribution in [3.63, 3.8) is 0 Å². The van der Waals surface area contributed by atoms with E-state index in [9.17, 15) is 4.91 Å². The second-order valence-corrected chi connectivity index (χ2v) is 1.99. The van der Waals surface area contributed by atoms with Gasteiger partial charge in [0.1, 0.15) is 0 Å². The molecule has 2 rings (SSSR count). The Bertz CT molecular complexity index is 317. The highest BCUT2D eigenvalue weighted by Crippen LogP contribution is 2.29. The Kier molecular flexibility index (Phi) is 0.917. The van der Waals surface area contributed by atoms with Gasteiger partial charge in [0, 0.05) is 4.76 Å². The fraction of sp³-hybridized carbons (Fsp3) is 0. The van der Waals surface area contributed by atoms with E-state index in [0.29, 0.717) is 16.1 Å². The van der Waals surface area contributed by atoms with E-state index in [1.165, 1.54) is 0 Å². The Balaban J connectivity index is 2.70. The Morgan fingerprint density at radius 1 is 1.40 bits per heavy atom. The van der Waals surface area contributed by atoms with E-state index in [4.69, 9.17) is 0 Å². The fourth-order valence-electron chi connectivity index (χ4n) is 0.884. The summed E-state index contributed by atoms with van der Waals surface area (Å²) in [7, 11) is 0. The lowest BCUT2D eigenvalue weighted by molar-refractivity contribution is -0.314. The standard InChI is InChI=1S/C7H4N2O/c10-9-5-8-6-3-1-2-4-7(6)9/h1-4H/q+1. The van der Waals surface area contributed by atoms with Crippen molar-refractivity contribution < 1.29 is 4.76 Å².